The predicted octanol–water partition coefficient (Wildman–Crippen LogP) is 6.04. The molecule has 1 aromatic carbocycles. The number of benzene rings is 1. The van der Waals surface area contributed by atoms with Gasteiger partial charge >= 0.3 is 0 Å². The molecule has 1 atom stereocenters. The molecule has 2 aromatic heterocycles. The Morgan fingerprint density at radius 3 is 2.68 bits per heavy atom. The molecule has 2 N–H and O–H groups in total. The van der Waals surface area contributed by atoms with Gasteiger partial charge in [0.2, 0.25) is 5.95 Å². The van der Waals surface area contributed by atoms with E-state index >= 15 is 0 Å². The Kier molecular flexibility index (Phi) is 8.09. The Morgan fingerprint density at radius 2 is 1.92 bits per heavy atom. The maximum Gasteiger partial charge on any atom is 0.251 e. The minimum atomic E-state index is -0.0412. The number of hydrogen-bond donors (Lipinski definition) is 2. The highest BCUT2D eigenvalue weighted by Gasteiger charge is 2.27. The number of anilines is 2. The molecule has 2 saturated carbocycles. The summed E-state index contributed by atoms with van der Waals surface area (Å²) in [7, 11) is 0. The second-order valence-electron chi connectivity index (χ2n) is 10.3. The highest BCUT2D eigenvalue weighted by Crippen LogP contribution is 2.36. The van der Waals surface area contributed by atoms with Gasteiger partial charge < -0.3 is 10.6 Å². The first kappa shape index (κ1) is 24.9. The third-order valence-electron chi connectivity index (χ3n) is 7.56. The van der Waals surface area contributed by atoms with Crippen LogP contribution in [0.3, 0.4) is 0 Å². The van der Waals surface area contributed by atoms with Crippen molar-refractivity contribution < 1.29 is 4.79 Å². The highest BCUT2D eigenvalue weighted by molar-refractivity contribution is 5.94. The largest absolute Gasteiger partial charge is 0.352 e. The molecule has 8 nitrogen and oxygen atoms in total. The summed E-state index contributed by atoms with van der Waals surface area (Å²) in [6.45, 7) is 0.723. The van der Waals surface area contributed by atoms with Crippen LogP contribution in [0.15, 0.2) is 48.9 Å². The molecule has 8 heteroatoms. The van der Waals surface area contributed by atoms with Gasteiger partial charge in [-0.2, -0.15) is 10.4 Å². The molecule has 0 radical (unpaired) electrons. The molecular weight excluding hydrogens is 462 g/mol. The Balaban J connectivity index is 1.17. The standard InChI is InChI=1S/C29H35N7O/c30-16-14-27(22-6-1-2-7-22)36-20-24(19-33-36)26-15-18-32-29(35-26)34-25-12-10-23(11-13-25)28(37)31-17-4-3-5-21-8-9-21/h10-13,15,18-22,27H,1-9,14,17H2,(H,31,37)(H,32,34,35). The van der Waals surface area contributed by atoms with Crippen molar-refractivity contribution in [3.8, 4) is 17.3 Å². The van der Waals surface area contributed by atoms with Gasteiger partial charge in [-0.05, 0) is 61.4 Å². The summed E-state index contributed by atoms with van der Waals surface area (Å²) in [5.74, 6) is 1.89. The first-order valence-corrected chi connectivity index (χ1v) is 13.6. The molecule has 0 spiro atoms. The topological polar surface area (TPSA) is 109 Å². The van der Waals surface area contributed by atoms with E-state index < -0.39 is 0 Å². The molecule has 5 rings (SSSR count). The predicted molar refractivity (Wildman–Crippen MR) is 143 cm³/mol. The average Bonchev–Trinajstić information content (AvgIpc) is 3.37. The van der Waals surface area contributed by atoms with Crippen molar-refractivity contribution in [3.05, 3.63) is 54.5 Å². The summed E-state index contributed by atoms with van der Waals surface area (Å²) < 4.78 is 1.95. The lowest BCUT2D eigenvalue weighted by Crippen LogP contribution is -2.24. The van der Waals surface area contributed by atoms with Gasteiger partial charge in [0.05, 0.1) is 30.4 Å². The first-order chi connectivity index (χ1) is 18.2. The fraction of sp³-hybridized carbons (Fsp3) is 0.483. The summed E-state index contributed by atoms with van der Waals surface area (Å²) in [4.78, 5) is 21.4. The number of unbranched alkanes of at least 4 members (excludes halogenated alkanes) is 1. The minimum absolute atomic E-state index is 0.0412. The number of hydrogen-bond acceptors (Lipinski definition) is 6. The van der Waals surface area contributed by atoms with Crippen LogP contribution >= 0.6 is 0 Å². The van der Waals surface area contributed by atoms with Crippen LogP contribution in [0.5, 0.6) is 0 Å². The molecule has 0 bridgehead atoms. The van der Waals surface area contributed by atoms with Crippen molar-refractivity contribution in [2.45, 2.75) is 70.3 Å². The zero-order valence-corrected chi connectivity index (χ0v) is 21.3. The third kappa shape index (κ3) is 6.73. The fourth-order valence-electron chi connectivity index (χ4n) is 5.25. The number of nitrogens with one attached hydrogen (secondary N) is 2. The number of rotatable bonds is 12. The van der Waals surface area contributed by atoms with Crippen LogP contribution in [-0.2, 0) is 0 Å². The molecule has 2 aliphatic carbocycles. The van der Waals surface area contributed by atoms with Gasteiger partial charge in [-0.25, -0.2) is 9.97 Å². The Morgan fingerprint density at radius 1 is 1.11 bits per heavy atom. The molecule has 0 aliphatic heterocycles. The van der Waals surface area contributed by atoms with Crippen LogP contribution in [0.1, 0.15) is 80.6 Å². The molecule has 1 amide bonds. The zero-order chi connectivity index (χ0) is 25.5. The van der Waals surface area contributed by atoms with Gasteiger partial charge in [-0.3, -0.25) is 9.48 Å². The van der Waals surface area contributed by atoms with E-state index in [0.29, 0.717) is 23.9 Å². The lowest BCUT2D eigenvalue weighted by molar-refractivity contribution is 0.0953. The molecule has 0 saturated heterocycles. The average molecular weight is 498 g/mol. The van der Waals surface area contributed by atoms with Crippen LogP contribution in [0, 0.1) is 23.2 Å². The smallest absolute Gasteiger partial charge is 0.251 e. The number of amides is 1. The van der Waals surface area contributed by atoms with Gasteiger partial charge in [0.15, 0.2) is 0 Å². The Bertz CT molecular complexity index is 1220. The molecular formula is C29H35N7O. The van der Waals surface area contributed by atoms with Crippen LogP contribution in [-0.4, -0.2) is 32.2 Å². The van der Waals surface area contributed by atoms with E-state index in [4.69, 9.17) is 0 Å². The van der Waals surface area contributed by atoms with E-state index in [-0.39, 0.29) is 11.9 Å². The molecule has 2 aliphatic rings. The number of carbonyl (C=O) groups is 1. The van der Waals surface area contributed by atoms with Crippen molar-refractivity contribution in [2.75, 3.05) is 11.9 Å². The molecule has 192 valence electrons. The van der Waals surface area contributed by atoms with Crippen molar-refractivity contribution in [2.24, 2.45) is 11.8 Å². The number of carbonyl (C=O) groups excluding carboxylic acids is 1. The molecule has 1 unspecified atom stereocenters. The second-order valence-corrected chi connectivity index (χ2v) is 10.3. The van der Waals surface area contributed by atoms with Crippen LogP contribution in [0.2, 0.25) is 0 Å². The molecule has 3 aromatic rings. The van der Waals surface area contributed by atoms with E-state index in [1.54, 1.807) is 6.20 Å². The van der Waals surface area contributed by atoms with Crippen LogP contribution in [0.4, 0.5) is 11.6 Å². The van der Waals surface area contributed by atoms with Crippen molar-refractivity contribution in [1.82, 2.24) is 25.1 Å². The van der Waals surface area contributed by atoms with E-state index in [1.165, 1.54) is 38.5 Å². The van der Waals surface area contributed by atoms with Gasteiger partial charge in [0.25, 0.3) is 5.91 Å². The van der Waals surface area contributed by atoms with Crippen molar-refractivity contribution in [1.29, 1.82) is 5.26 Å². The van der Waals surface area contributed by atoms with E-state index in [2.05, 4.69) is 31.8 Å². The second kappa shape index (κ2) is 12.0. The fourth-order valence-corrected chi connectivity index (χ4v) is 5.25. The monoisotopic (exact) mass is 497 g/mol. The van der Waals surface area contributed by atoms with E-state index in [1.807, 2.05) is 47.4 Å². The number of nitriles is 1. The molecule has 37 heavy (non-hydrogen) atoms. The summed E-state index contributed by atoms with van der Waals surface area (Å²) >= 11 is 0. The zero-order valence-electron chi connectivity index (χ0n) is 21.3. The third-order valence-corrected chi connectivity index (χ3v) is 7.56. The Hall–Kier alpha value is -3.73. The van der Waals surface area contributed by atoms with Crippen LogP contribution < -0.4 is 10.6 Å². The highest BCUT2D eigenvalue weighted by atomic mass is 16.1. The summed E-state index contributed by atoms with van der Waals surface area (Å²) in [5, 5.41) is 20.2. The number of nitrogens with zero attached hydrogens (tertiary/aromatic N) is 5. The Labute approximate surface area is 218 Å². The van der Waals surface area contributed by atoms with Crippen LogP contribution in [0.25, 0.3) is 11.3 Å². The van der Waals surface area contributed by atoms with Crippen molar-refractivity contribution >= 4 is 17.5 Å². The lowest BCUT2D eigenvalue weighted by Gasteiger charge is -2.21. The molecule has 2 heterocycles. The molecule has 2 fully saturated rings. The van der Waals surface area contributed by atoms with E-state index in [0.717, 1.165) is 48.7 Å². The SMILES string of the molecule is N#CCC(C1CCCC1)n1cc(-c2ccnc(Nc3ccc(C(=O)NCCCCC4CC4)cc3)n2)cn1. The lowest BCUT2D eigenvalue weighted by atomic mass is 9.96. The summed E-state index contributed by atoms with van der Waals surface area (Å²) in [6, 6.07) is 11.7. The van der Waals surface area contributed by atoms with Crippen molar-refractivity contribution in [3.63, 3.8) is 0 Å². The minimum Gasteiger partial charge on any atom is -0.352 e. The normalized spacial score (nSPS) is 16.3. The first-order valence-electron chi connectivity index (χ1n) is 13.6. The van der Waals surface area contributed by atoms with Gasteiger partial charge in [0, 0.05) is 35.8 Å². The van der Waals surface area contributed by atoms with Gasteiger partial charge in [-0.15, -0.1) is 0 Å². The quantitative estimate of drug-likeness (QED) is 0.295. The maximum atomic E-state index is 12.4. The number of aromatic nitrogens is 4. The summed E-state index contributed by atoms with van der Waals surface area (Å²) in [5.41, 5.74) is 3.12. The maximum absolute atomic E-state index is 12.4. The van der Waals surface area contributed by atoms with E-state index in [9.17, 15) is 10.1 Å². The summed E-state index contributed by atoms with van der Waals surface area (Å²) in [6.07, 6.45) is 17.1. The van der Waals surface area contributed by atoms with Gasteiger partial charge in [-0.1, -0.05) is 38.5 Å². The van der Waals surface area contributed by atoms with Gasteiger partial charge in [0.1, 0.15) is 0 Å².